The van der Waals surface area contributed by atoms with E-state index in [0.29, 0.717) is 11.2 Å². The van der Waals surface area contributed by atoms with Gasteiger partial charge in [-0.2, -0.15) is 12.6 Å². The Bertz CT molecular complexity index is 53.5. The van der Waals surface area contributed by atoms with Crippen LogP contribution in [0.4, 0.5) is 0 Å². The summed E-state index contributed by atoms with van der Waals surface area (Å²) in [5, 5.41) is 0.509. The highest BCUT2D eigenvalue weighted by Crippen LogP contribution is 2.16. The third kappa shape index (κ3) is 2.83. The molecule has 0 aliphatic carbocycles. The van der Waals surface area contributed by atoms with Crippen LogP contribution < -0.4 is 0 Å². The van der Waals surface area contributed by atoms with E-state index in [1.54, 1.807) is 0 Å². The number of thiol groups is 1. The van der Waals surface area contributed by atoms with Crippen molar-refractivity contribution in [1.82, 2.24) is 0 Å². The fraction of sp³-hybridized carbons (Fsp3) is 1.00. The average Bonchev–Trinajstić information content (AvgIpc) is 1.64. The van der Waals surface area contributed by atoms with E-state index in [2.05, 4.69) is 26.5 Å². The maximum absolute atomic E-state index is 5.75. The topological polar surface area (TPSA) is 0 Å². The van der Waals surface area contributed by atoms with Crippen molar-refractivity contribution in [1.29, 1.82) is 0 Å². The minimum Gasteiger partial charge on any atom is -0.174 e. The molecule has 0 bridgehead atoms. The van der Waals surface area contributed by atoms with Crippen molar-refractivity contribution in [3.05, 3.63) is 0 Å². The Morgan fingerprint density at radius 2 is 1.62 bits per heavy atom. The first-order chi connectivity index (χ1) is 3.55. The van der Waals surface area contributed by atoms with Crippen molar-refractivity contribution < 1.29 is 0 Å². The fourth-order valence-electron chi connectivity index (χ4n) is 0.530. The Morgan fingerprint density at radius 3 is 1.62 bits per heavy atom. The van der Waals surface area contributed by atoms with Gasteiger partial charge in [-0.05, 0) is 12.8 Å². The summed E-state index contributed by atoms with van der Waals surface area (Å²) in [7, 11) is 0. The van der Waals surface area contributed by atoms with Crippen molar-refractivity contribution in [2.24, 2.45) is 5.92 Å². The first-order valence-electron chi connectivity index (χ1n) is 2.88. The average molecular weight is 153 g/mol. The van der Waals surface area contributed by atoms with Gasteiger partial charge < -0.3 is 0 Å². The van der Waals surface area contributed by atoms with Gasteiger partial charge in [0.15, 0.2) is 0 Å². The summed E-state index contributed by atoms with van der Waals surface area (Å²) in [6.45, 7) is 6.21. The second kappa shape index (κ2) is 3.62. The molecule has 0 aromatic heterocycles. The van der Waals surface area contributed by atoms with Crippen LogP contribution in [-0.4, -0.2) is 10.6 Å². The lowest BCUT2D eigenvalue weighted by Crippen LogP contribution is -2.17. The largest absolute Gasteiger partial charge is 0.174 e. The van der Waals surface area contributed by atoms with Crippen LogP contribution in [0.2, 0.25) is 0 Å². The summed E-state index contributed by atoms with van der Waals surface area (Å²) in [5.74, 6) is 0.575. The van der Waals surface area contributed by atoms with Crippen LogP contribution in [0.3, 0.4) is 0 Å². The molecule has 8 heavy (non-hydrogen) atoms. The van der Waals surface area contributed by atoms with Gasteiger partial charge in [0, 0.05) is 10.6 Å². The number of hydrogen-bond donors (Lipinski definition) is 1. The SMILES string of the molecule is CC(C)C(S)C(C)Cl. The van der Waals surface area contributed by atoms with Crippen molar-refractivity contribution in [2.75, 3.05) is 0 Å². The van der Waals surface area contributed by atoms with Crippen molar-refractivity contribution in [3.8, 4) is 0 Å². The second-order valence-electron chi connectivity index (χ2n) is 2.41. The highest BCUT2D eigenvalue weighted by molar-refractivity contribution is 7.81. The molecular weight excluding hydrogens is 140 g/mol. The zero-order valence-electron chi connectivity index (χ0n) is 5.56. The summed E-state index contributed by atoms with van der Waals surface area (Å²) in [5.41, 5.74) is 0. The maximum Gasteiger partial charge on any atom is 0.0426 e. The molecule has 0 amide bonds. The van der Waals surface area contributed by atoms with Gasteiger partial charge in [-0.15, -0.1) is 11.6 Å². The van der Waals surface area contributed by atoms with Gasteiger partial charge in [0.05, 0.1) is 0 Å². The Kier molecular flexibility index (Phi) is 3.91. The lowest BCUT2D eigenvalue weighted by molar-refractivity contribution is 0.602. The van der Waals surface area contributed by atoms with Gasteiger partial charge in [-0.1, -0.05) is 13.8 Å². The number of hydrogen-bond acceptors (Lipinski definition) is 1. The van der Waals surface area contributed by atoms with E-state index >= 15 is 0 Å². The van der Waals surface area contributed by atoms with Gasteiger partial charge in [0.2, 0.25) is 0 Å². The zero-order chi connectivity index (χ0) is 6.73. The van der Waals surface area contributed by atoms with Crippen molar-refractivity contribution in [2.45, 2.75) is 31.4 Å². The maximum atomic E-state index is 5.75. The number of halogens is 1. The smallest absolute Gasteiger partial charge is 0.0426 e. The highest BCUT2D eigenvalue weighted by atomic mass is 35.5. The molecule has 0 aromatic carbocycles. The molecular formula is C6H13ClS. The van der Waals surface area contributed by atoms with Gasteiger partial charge in [-0.3, -0.25) is 0 Å². The molecule has 2 unspecified atom stereocenters. The van der Waals surface area contributed by atoms with E-state index < -0.39 is 0 Å². The number of rotatable bonds is 2. The Balaban J connectivity index is 3.46. The van der Waals surface area contributed by atoms with Gasteiger partial charge in [0.1, 0.15) is 0 Å². The monoisotopic (exact) mass is 152 g/mol. The van der Waals surface area contributed by atoms with E-state index in [-0.39, 0.29) is 5.38 Å². The molecule has 0 rings (SSSR count). The molecule has 0 N–H and O–H groups in total. The summed E-state index contributed by atoms with van der Waals surface area (Å²) in [4.78, 5) is 0. The Hall–Kier alpha value is 0.640. The van der Waals surface area contributed by atoms with E-state index in [4.69, 9.17) is 11.6 Å². The molecule has 0 aromatic rings. The van der Waals surface area contributed by atoms with Crippen molar-refractivity contribution >= 4 is 24.2 Å². The molecule has 0 aliphatic rings. The molecule has 2 atom stereocenters. The van der Waals surface area contributed by atoms with Crippen LogP contribution in [0.25, 0.3) is 0 Å². The fourth-order valence-corrected chi connectivity index (χ4v) is 0.821. The first kappa shape index (κ1) is 8.64. The molecule has 0 saturated heterocycles. The summed E-state index contributed by atoms with van der Waals surface area (Å²) in [6, 6.07) is 0. The van der Waals surface area contributed by atoms with E-state index in [0.717, 1.165) is 0 Å². The molecule has 50 valence electrons. The molecule has 0 heterocycles. The molecule has 0 nitrogen and oxygen atoms in total. The van der Waals surface area contributed by atoms with Crippen LogP contribution in [0, 0.1) is 5.92 Å². The lowest BCUT2D eigenvalue weighted by atomic mass is 10.1. The molecule has 0 spiro atoms. The van der Waals surface area contributed by atoms with E-state index in [1.807, 2.05) is 6.92 Å². The normalized spacial score (nSPS) is 18.8. The first-order valence-corrected chi connectivity index (χ1v) is 3.83. The number of alkyl halides is 1. The zero-order valence-corrected chi connectivity index (χ0v) is 7.21. The molecule has 0 aliphatic heterocycles. The minimum atomic E-state index is 0.179. The van der Waals surface area contributed by atoms with Gasteiger partial charge in [-0.25, -0.2) is 0 Å². The quantitative estimate of drug-likeness (QED) is 0.457. The van der Waals surface area contributed by atoms with Gasteiger partial charge in [0.25, 0.3) is 0 Å². The Labute approximate surface area is 62.0 Å². The summed E-state index contributed by atoms with van der Waals surface area (Å²) >= 11 is 10.0. The molecule has 0 radical (unpaired) electrons. The lowest BCUT2D eigenvalue weighted by Gasteiger charge is -2.15. The standard InChI is InChI=1S/C6H13ClS/c1-4(2)6(8)5(3)7/h4-6,8H,1-3H3. The Morgan fingerprint density at radius 1 is 1.25 bits per heavy atom. The van der Waals surface area contributed by atoms with Crippen LogP contribution in [-0.2, 0) is 0 Å². The predicted molar refractivity (Wildman–Crippen MR) is 42.9 cm³/mol. The van der Waals surface area contributed by atoms with E-state index in [9.17, 15) is 0 Å². The third-order valence-electron chi connectivity index (χ3n) is 1.15. The molecule has 0 saturated carbocycles. The summed E-state index contributed by atoms with van der Waals surface area (Å²) in [6.07, 6.45) is 0. The van der Waals surface area contributed by atoms with Crippen LogP contribution in [0.5, 0.6) is 0 Å². The molecule has 2 heteroatoms. The van der Waals surface area contributed by atoms with Gasteiger partial charge >= 0.3 is 0 Å². The minimum absolute atomic E-state index is 0.179. The molecule has 0 fully saturated rings. The highest BCUT2D eigenvalue weighted by Gasteiger charge is 2.12. The van der Waals surface area contributed by atoms with Crippen LogP contribution >= 0.6 is 24.2 Å². The van der Waals surface area contributed by atoms with Crippen LogP contribution in [0.1, 0.15) is 20.8 Å². The van der Waals surface area contributed by atoms with Crippen LogP contribution in [0.15, 0.2) is 0 Å². The third-order valence-corrected chi connectivity index (χ3v) is 2.64. The second-order valence-corrected chi connectivity index (χ2v) is 3.70. The predicted octanol–water partition coefficient (Wildman–Crippen LogP) is 2.57. The van der Waals surface area contributed by atoms with E-state index in [1.165, 1.54) is 0 Å². The summed E-state index contributed by atoms with van der Waals surface area (Å²) < 4.78 is 0. The van der Waals surface area contributed by atoms with Crippen molar-refractivity contribution in [3.63, 3.8) is 0 Å².